The predicted molar refractivity (Wildman–Crippen MR) is 129 cm³/mol. The van der Waals surface area contributed by atoms with Gasteiger partial charge in [-0.15, -0.1) is 10.2 Å². The summed E-state index contributed by atoms with van der Waals surface area (Å²) >= 11 is 6.42. The van der Waals surface area contributed by atoms with Gasteiger partial charge in [0.2, 0.25) is 0 Å². The average molecular weight is 455 g/mol. The summed E-state index contributed by atoms with van der Waals surface area (Å²) in [7, 11) is 0. The molecule has 0 fully saturated rings. The Morgan fingerprint density at radius 2 is 1.55 bits per heavy atom. The summed E-state index contributed by atoms with van der Waals surface area (Å²) in [5, 5.41) is 12.2. The Morgan fingerprint density at radius 3 is 2.30 bits per heavy atom. The first kappa shape index (κ1) is 20.7. The molecule has 0 spiro atoms. The zero-order valence-corrected chi connectivity index (χ0v) is 18.2. The maximum absolute atomic E-state index is 12.9. The molecule has 33 heavy (non-hydrogen) atoms. The lowest BCUT2D eigenvalue weighted by Crippen LogP contribution is -2.12. The second-order valence-corrected chi connectivity index (χ2v) is 7.81. The molecule has 0 aliphatic carbocycles. The lowest BCUT2D eigenvalue weighted by molar-refractivity contribution is 0.102. The van der Waals surface area contributed by atoms with Crippen LogP contribution in [0.2, 0.25) is 5.02 Å². The second kappa shape index (κ2) is 9.14. The van der Waals surface area contributed by atoms with Crippen LogP contribution in [0.3, 0.4) is 0 Å². The molecule has 4 aromatic carbocycles. The molecule has 0 radical (unpaired) electrons. The molecule has 0 atom stereocenters. The van der Waals surface area contributed by atoms with Crippen LogP contribution in [0, 0.1) is 0 Å². The van der Waals surface area contributed by atoms with Gasteiger partial charge < -0.3 is 10.1 Å². The van der Waals surface area contributed by atoms with E-state index in [2.05, 4.69) is 15.5 Å². The van der Waals surface area contributed by atoms with Gasteiger partial charge >= 0.3 is 0 Å². The van der Waals surface area contributed by atoms with Gasteiger partial charge in [0.25, 0.3) is 5.91 Å². The van der Waals surface area contributed by atoms with Crippen LogP contribution in [-0.2, 0) is 6.61 Å². The Morgan fingerprint density at radius 1 is 0.848 bits per heavy atom. The highest BCUT2D eigenvalue weighted by Gasteiger charge is 2.13. The number of nitrogens with zero attached hydrogens (tertiary/aromatic N) is 3. The van der Waals surface area contributed by atoms with Gasteiger partial charge in [-0.1, -0.05) is 66.2 Å². The van der Waals surface area contributed by atoms with Crippen molar-refractivity contribution in [3.8, 4) is 11.4 Å². The molecule has 1 N–H and O–H groups in total. The maximum Gasteiger partial charge on any atom is 0.255 e. The predicted octanol–water partition coefficient (Wildman–Crippen LogP) is 5.91. The van der Waals surface area contributed by atoms with Crippen molar-refractivity contribution in [3.05, 3.63) is 113 Å². The topological polar surface area (TPSA) is 69.0 Å². The number of halogens is 1. The molecule has 0 saturated heterocycles. The van der Waals surface area contributed by atoms with Crippen LogP contribution in [0.1, 0.15) is 15.9 Å². The van der Waals surface area contributed by atoms with E-state index in [-0.39, 0.29) is 5.91 Å². The van der Waals surface area contributed by atoms with E-state index < -0.39 is 0 Å². The van der Waals surface area contributed by atoms with Crippen LogP contribution in [0.4, 0.5) is 5.69 Å². The number of fused-ring (bicyclic) bond motifs is 1. The Hall–Kier alpha value is -4.16. The van der Waals surface area contributed by atoms with E-state index in [1.54, 1.807) is 35.1 Å². The molecule has 0 aliphatic rings. The van der Waals surface area contributed by atoms with Gasteiger partial charge in [-0.05, 0) is 48.0 Å². The second-order valence-electron chi connectivity index (χ2n) is 7.40. The molecule has 1 aromatic heterocycles. The molecule has 162 valence electrons. The van der Waals surface area contributed by atoms with Crippen molar-refractivity contribution < 1.29 is 9.53 Å². The molecule has 0 saturated carbocycles. The van der Waals surface area contributed by atoms with E-state index >= 15 is 0 Å². The number of anilines is 1. The first-order valence-electron chi connectivity index (χ1n) is 10.4. The van der Waals surface area contributed by atoms with Crippen LogP contribution in [0.15, 0.2) is 97.1 Å². The van der Waals surface area contributed by atoms with E-state index in [1.165, 1.54) is 0 Å². The molecule has 0 aliphatic heterocycles. The molecule has 1 amide bonds. The number of nitrogens with one attached hydrogen (secondary N) is 1. The molecule has 0 unspecified atom stereocenters. The van der Waals surface area contributed by atoms with Crippen molar-refractivity contribution in [2.75, 3.05) is 5.32 Å². The quantitative estimate of drug-likeness (QED) is 0.346. The van der Waals surface area contributed by atoms with Crippen molar-refractivity contribution in [1.82, 2.24) is 15.0 Å². The van der Waals surface area contributed by atoms with Gasteiger partial charge in [0, 0.05) is 5.56 Å². The third kappa shape index (κ3) is 4.71. The number of para-hydroxylation sites is 1. The van der Waals surface area contributed by atoms with E-state index in [1.807, 2.05) is 66.7 Å². The van der Waals surface area contributed by atoms with Crippen LogP contribution >= 0.6 is 11.6 Å². The van der Waals surface area contributed by atoms with Crippen molar-refractivity contribution in [1.29, 1.82) is 0 Å². The molecule has 7 heteroatoms. The lowest BCUT2D eigenvalue weighted by Gasteiger charge is -2.10. The van der Waals surface area contributed by atoms with Crippen LogP contribution < -0.4 is 10.1 Å². The number of hydrogen-bond donors (Lipinski definition) is 1. The number of aromatic nitrogens is 3. The fourth-order valence-corrected chi connectivity index (χ4v) is 3.58. The monoisotopic (exact) mass is 454 g/mol. The zero-order chi connectivity index (χ0) is 22.6. The van der Waals surface area contributed by atoms with E-state index in [4.69, 9.17) is 16.3 Å². The van der Waals surface area contributed by atoms with E-state index in [0.29, 0.717) is 39.7 Å². The largest absolute Gasteiger partial charge is 0.489 e. The van der Waals surface area contributed by atoms with Crippen molar-refractivity contribution in [2.24, 2.45) is 0 Å². The summed E-state index contributed by atoms with van der Waals surface area (Å²) in [4.78, 5) is 14.4. The maximum atomic E-state index is 12.9. The van der Waals surface area contributed by atoms with Gasteiger partial charge in [0.15, 0.2) is 0 Å². The first-order valence-corrected chi connectivity index (χ1v) is 10.7. The third-order valence-electron chi connectivity index (χ3n) is 5.05. The standard InChI is InChI=1S/C26H19ClN4O2/c27-22-15-24-25(30-31(29-24)20-11-5-2-6-12-20)16-23(22)28-26(32)19-10-7-13-21(14-19)33-17-18-8-3-1-4-9-18/h1-16H,17H2,(H,28,32). The van der Waals surface area contributed by atoms with Crippen LogP contribution in [-0.4, -0.2) is 20.9 Å². The molecule has 0 bridgehead atoms. The minimum absolute atomic E-state index is 0.295. The zero-order valence-electron chi connectivity index (χ0n) is 17.5. The van der Waals surface area contributed by atoms with Gasteiger partial charge in [-0.2, -0.15) is 4.80 Å². The summed E-state index contributed by atoms with van der Waals surface area (Å²) < 4.78 is 5.83. The summed E-state index contributed by atoms with van der Waals surface area (Å²) in [6, 6.07) is 29.9. The average Bonchev–Trinajstić information content (AvgIpc) is 3.27. The summed E-state index contributed by atoms with van der Waals surface area (Å²) in [5.74, 6) is 0.315. The first-order chi connectivity index (χ1) is 16.2. The molecule has 6 nitrogen and oxygen atoms in total. The Labute approximate surface area is 195 Å². The summed E-state index contributed by atoms with van der Waals surface area (Å²) in [6.07, 6.45) is 0. The molecule has 5 aromatic rings. The summed E-state index contributed by atoms with van der Waals surface area (Å²) in [6.45, 7) is 0.422. The number of ether oxygens (including phenoxy) is 1. The number of hydrogen-bond acceptors (Lipinski definition) is 4. The minimum Gasteiger partial charge on any atom is -0.489 e. The lowest BCUT2D eigenvalue weighted by atomic mass is 10.2. The van der Waals surface area contributed by atoms with Gasteiger partial charge in [-0.3, -0.25) is 4.79 Å². The molecule has 5 rings (SSSR count). The van der Waals surface area contributed by atoms with Crippen molar-refractivity contribution in [3.63, 3.8) is 0 Å². The number of benzene rings is 4. The highest BCUT2D eigenvalue weighted by atomic mass is 35.5. The SMILES string of the molecule is O=C(Nc1cc2nn(-c3ccccc3)nc2cc1Cl)c1cccc(OCc2ccccc2)c1. The highest BCUT2D eigenvalue weighted by molar-refractivity contribution is 6.34. The van der Waals surface area contributed by atoms with Crippen molar-refractivity contribution in [2.45, 2.75) is 6.61 Å². The number of carbonyl (C=O) groups is 1. The van der Waals surface area contributed by atoms with Gasteiger partial charge in [0.05, 0.1) is 16.4 Å². The number of carbonyl (C=O) groups excluding carboxylic acids is 1. The fourth-order valence-electron chi connectivity index (χ4n) is 3.37. The molecule has 1 heterocycles. The number of rotatable bonds is 6. The Balaban J connectivity index is 1.34. The van der Waals surface area contributed by atoms with Crippen LogP contribution in [0.25, 0.3) is 16.7 Å². The van der Waals surface area contributed by atoms with E-state index in [0.717, 1.165) is 11.3 Å². The van der Waals surface area contributed by atoms with E-state index in [9.17, 15) is 4.79 Å². The Bertz CT molecular complexity index is 1420. The smallest absolute Gasteiger partial charge is 0.255 e. The molecular weight excluding hydrogens is 436 g/mol. The Kier molecular flexibility index (Phi) is 5.74. The van der Waals surface area contributed by atoms with Gasteiger partial charge in [-0.25, -0.2) is 0 Å². The van der Waals surface area contributed by atoms with Gasteiger partial charge in [0.1, 0.15) is 23.4 Å². The number of amides is 1. The molecular formula is C26H19ClN4O2. The summed E-state index contributed by atoms with van der Waals surface area (Å²) in [5.41, 5.74) is 4.07. The van der Waals surface area contributed by atoms with Crippen LogP contribution in [0.5, 0.6) is 5.75 Å². The minimum atomic E-state index is -0.295. The van der Waals surface area contributed by atoms with Crippen molar-refractivity contribution >= 4 is 34.2 Å². The fraction of sp³-hybridized carbons (Fsp3) is 0.0385. The highest BCUT2D eigenvalue weighted by Crippen LogP contribution is 2.28. The third-order valence-corrected chi connectivity index (χ3v) is 5.36. The normalized spacial score (nSPS) is 10.8.